The molecule has 0 aliphatic carbocycles. The van der Waals surface area contributed by atoms with Crippen LogP contribution in [0.4, 0.5) is 11.4 Å². The van der Waals surface area contributed by atoms with Crippen molar-refractivity contribution in [2.75, 3.05) is 11.4 Å². The first-order chi connectivity index (χ1) is 9.56. The third-order valence-electron chi connectivity index (χ3n) is 3.55. The number of nitrogens with zero attached hydrogens (tertiary/aromatic N) is 1. The van der Waals surface area contributed by atoms with E-state index < -0.39 is 0 Å². The Hall–Kier alpha value is -2.00. The highest BCUT2D eigenvalue weighted by Crippen LogP contribution is 2.33. The molecule has 0 saturated heterocycles. The number of aromatic hydroxyl groups is 1. The molecule has 0 bridgehead atoms. The van der Waals surface area contributed by atoms with E-state index in [1.54, 1.807) is 12.1 Å². The average molecular weight is 270 g/mol. The van der Waals surface area contributed by atoms with Crippen molar-refractivity contribution in [3.63, 3.8) is 0 Å². The fraction of sp³-hybridized carbons (Fsp3) is 0.294. The van der Waals surface area contributed by atoms with Crippen LogP contribution in [-0.4, -0.2) is 11.7 Å². The van der Waals surface area contributed by atoms with Gasteiger partial charge in [-0.05, 0) is 44.0 Å². The van der Waals surface area contributed by atoms with Gasteiger partial charge in [0.2, 0.25) is 0 Å². The molecule has 3 nitrogen and oxygen atoms in total. The van der Waals surface area contributed by atoms with E-state index >= 15 is 0 Å². The number of phenols is 1. The maximum Gasteiger partial charge on any atom is 0.117 e. The molecule has 0 aromatic heterocycles. The van der Waals surface area contributed by atoms with Crippen molar-refractivity contribution in [2.45, 2.75) is 27.3 Å². The van der Waals surface area contributed by atoms with Crippen molar-refractivity contribution in [3.8, 4) is 5.75 Å². The monoisotopic (exact) mass is 270 g/mol. The van der Waals surface area contributed by atoms with Crippen LogP contribution in [0.3, 0.4) is 0 Å². The summed E-state index contributed by atoms with van der Waals surface area (Å²) in [4.78, 5) is 2.19. The highest BCUT2D eigenvalue weighted by molar-refractivity contribution is 5.70. The van der Waals surface area contributed by atoms with Crippen LogP contribution >= 0.6 is 0 Å². The van der Waals surface area contributed by atoms with Gasteiger partial charge in [-0.25, -0.2) is 0 Å². The van der Waals surface area contributed by atoms with Gasteiger partial charge >= 0.3 is 0 Å². The molecule has 106 valence electrons. The summed E-state index contributed by atoms with van der Waals surface area (Å²) in [5.41, 5.74) is 11.5. The molecule has 3 N–H and O–H groups in total. The summed E-state index contributed by atoms with van der Waals surface area (Å²) in [7, 11) is 0. The fourth-order valence-electron chi connectivity index (χ4n) is 2.50. The zero-order valence-electron chi connectivity index (χ0n) is 12.4. The SMILES string of the molecule is CCN(c1cc(O)ccc1C)c1ccc(C)cc1CN. The van der Waals surface area contributed by atoms with Crippen molar-refractivity contribution in [1.82, 2.24) is 0 Å². The summed E-state index contributed by atoms with van der Waals surface area (Å²) in [6, 6.07) is 11.8. The number of anilines is 2. The van der Waals surface area contributed by atoms with Crippen LogP contribution in [0.15, 0.2) is 36.4 Å². The van der Waals surface area contributed by atoms with Crippen molar-refractivity contribution in [2.24, 2.45) is 5.73 Å². The van der Waals surface area contributed by atoms with Crippen LogP contribution in [0.25, 0.3) is 0 Å². The quantitative estimate of drug-likeness (QED) is 0.892. The van der Waals surface area contributed by atoms with Crippen LogP contribution in [0, 0.1) is 13.8 Å². The van der Waals surface area contributed by atoms with Gasteiger partial charge < -0.3 is 15.7 Å². The normalized spacial score (nSPS) is 10.6. The second kappa shape index (κ2) is 5.97. The van der Waals surface area contributed by atoms with Gasteiger partial charge in [-0.3, -0.25) is 0 Å². The van der Waals surface area contributed by atoms with E-state index in [2.05, 4.69) is 36.9 Å². The Morgan fingerprint density at radius 2 is 1.80 bits per heavy atom. The molecule has 0 heterocycles. The lowest BCUT2D eigenvalue weighted by molar-refractivity contribution is 0.475. The van der Waals surface area contributed by atoms with Crippen LogP contribution in [0.5, 0.6) is 5.75 Å². The molecule has 0 spiro atoms. The van der Waals surface area contributed by atoms with Gasteiger partial charge in [-0.15, -0.1) is 0 Å². The van der Waals surface area contributed by atoms with E-state index in [0.29, 0.717) is 6.54 Å². The fourth-order valence-corrected chi connectivity index (χ4v) is 2.50. The molecular weight excluding hydrogens is 248 g/mol. The van der Waals surface area contributed by atoms with Crippen molar-refractivity contribution in [1.29, 1.82) is 0 Å². The van der Waals surface area contributed by atoms with Gasteiger partial charge in [0.25, 0.3) is 0 Å². The third-order valence-corrected chi connectivity index (χ3v) is 3.55. The zero-order valence-corrected chi connectivity index (χ0v) is 12.4. The Morgan fingerprint density at radius 3 is 2.45 bits per heavy atom. The van der Waals surface area contributed by atoms with Gasteiger partial charge in [0.05, 0.1) is 0 Å². The van der Waals surface area contributed by atoms with E-state index in [0.717, 1.165) is 29.0 Å². The topological polar surface area (TPSA) is 49.5 Å². The molecule has 0 atom stereocenters. The molecule has 0 amide bonds. The number of nitrogens with two attached hydrogens (primary N) is 1. The highest BCUT2D eigenvalue weighted by Gasteiger charge is 2.14. The first-order valence-electron chi connectivity index (χ1n) is 6.93. The Kier molecular flexibility index (Phi) is 4.30. The van der Waals surface area contributed by atoms with E-state index in [-0.39, 0.29) is 5.75 Å². The number of rotatable bonds is 4. The summed E-state index contributed by atoms with van der Waals surface area (Å²) < 4.78 is 0. The second-order valence-electron chi connectivity index (χ2n) is 5.05. The molecule has 0 unspecified atom stereocenters. The van der Waals surface area contributed by atoms with Crippen LogP contribution in [0.1, 0.15) is 23.6 Å². The Bertz CT molecular complexity index is 608. The number of hydrogen-bond acceptors (Lipinski definition) is 3. The standard InChI is InChI=1S/C17H22N2O/c1-4-19(17-10-15(20)7-6-13(17)3)16-8-5-12(2)9-14(16)11-18/h5-10,20H,4,11,18H2,1-3H3. The zero-order chi connectivity index (χ0) is 14.7. The second-order valence-corrected chi connectivity index (χ2v) is 5.05. The van der Waals surface area contributed by atoms with E-state index in [9.17, 15) is 5.11 Å². The molecular formula is C17H22N2O. The number of hydrogen-bond donors (Lipinski definition) is 2. The molecule has 0 aliphatic heterocycles. The number of phenolic OH excluding ortho intramolecular Hbond substituents is 1. The molecule has 20 heavy (non-hydrogen) atoms. The lowest BCUT2D eigenvalue weighted by Crippen LogP contribution is -2.19. The summed E-state index contributed by atoms with van der Waals surface area (Å²) in [6.45, 7) is 7.54. The predicted molar refractivity (Wildman–Crippen MR) is 84.6 cm³/mol. The minimum absolute atomic E-state index is 0.283. The van der Waals surface area contributed by atoms with Crippen LogP contribution < -0.4 is 10.6 Å². The minimum atomic E-state index is 0.283. The number of benzene rings is 2. The molecule has 0 fully saturated rings. The molecule has 0 aliphatic rings. The molecule has 0 radical (unpaired) electrons. The van der Waals surface area contributed by atoms with E-state index in [4.69, 9.17) is 5.73 Å². The minimum Gasteiger partial charge on any atom is -0.508 e. The van der Waals surface area contributed by atoms with Crippen LogP contribution in [0.2, 0.25) is 0 Å². The van der Waals surface area contributed by atoms with Gasteiger partial charge in [0.15, 0.2) is 0 Å². The van der Waals surface area contributed by atoms with Gasteiger partial charge in [0, 0.05) is 30.5 Å². The Balaban J connectivity index is 2.55. The average Bonchev–Trinajstić information content (AvgIpc) is 2.44. The molecule has 0 saturated carbocycles. The first-order valence-corrected chi connectivity index (χ1v) is 6.93. The Labute approximate surface area is 120 Å². The van der Waals surface area contributed by atoms with Crippen molar-refractivity contribution in [3.05, 3.63) is 53.1 Å². The van der Waals surface area contributed by atoms with Crippen molar-refractivity contribution >= 4 is 11.4 Å². The van der Waals surface area contributed by atoms with Crippen LogP contribution in [-0.2, 0) is 6.54 Å². The largest absolute Gasteiger partial charge is 0.508 e. The lowest BCUT2D eigenvalue weighted by atomic mass is 10.1. The summed E-state index contributed by atoms with van der Waals surface area (Å²) in [5, 5.41) is 9.75. The number of aryl methyl sites for hydroxylation is 2. The maximum atomic E-state index is 9.75. The first kappa shape index (κ1) is 14.4. The summed E-state index contributed by atoms with van der Waals surface area (Å²) >= 11 is 0. The summed E-state index contributed by atoms with van der Waals surface area (Å²) in [6.07, 6.45) is 0. The summed E-state index contributed by atoms with van der Waals surface area (Å²) in [5.74, 6) is 0.283. The van der Waals surface area contributed by atoms with Crippen molar-refractivity contribution < 1.29 is 5.11 Å². The van der Waals surface area contributed by atoms with E-state index in [1.807, 2.05) is 13.0 Å². The smallest absolute Gasteiger partial charge is 0.117 e. The van der Waals surface area contributed by atoms with Gasteiger partial charge in [-0.2, -0.15) is 0 Å². The highest BCUT2D eigenvalue weighted by atomic mass is 16.3. The predicted octanol–water partition coefficient (Wildman–Crippen LogP) is 3.63. The van der Waals surface area contributed by atoms with Gasteiger partial charge in [0.1, 0.15) is 5.75 Å². The molecule has 2 rings (SSSR count). The third kappa shape index (κ3) is 2.78. The van der Waals surface area contributed by atoms with Gasteiger partial charge in [-0.1, -0.05) is 23.8 Å². The molecule has 2 aromatic carbocycles. The van der Waals surface area contributed by atoms with E-state index in [1.165, 1.54) is 5.56 Å². The molecule has 2 aromatic rings. The molecule has 3 heteroatoms. The lowest BCUT2D eigenvalue weighted by Gasteiger charge is -2.27. The maximum absolute atomic E-state index is 9.75. The Morgan fingerprint density at radius 1 is 1.05 bits per heavy atom.